The lowest BCUT2D eigenvalue weighted by atomic mass is 9.91. The molecular weight excluding hydrogens is 212 g/mol. The van der Waals surface area contributed by atoms with E-state index in [1.165, 1.54) is 58.2 Å². The van der Waals surface area contributed by atoms with Crippen LogP contribution in [-0.4, -0.2) is 49.8 Å². The summed E-state index contributed by atoms with van der Waals surface area (Å²) >= 11 is 0. The Morgan fingerprint density at radius 3 is 2.76 bits per heavy atom. The van der Waals surface area contributed by atoms with Gasteiger partial charge in [0.2, 0.25) is 0 Å². The second-order valence-corrected chi connectivity index (χ2v) is 6.04. The van der Waals surface area contributed by atoms with Gasteiger partial charge in [0, 0.05) is 32.3 Å². The van der Waals surface area contributed by atoms with Crippen molar-refractivity contribution >= 4 is 0 Å². The summed E-state index contributed by atoms with van der Waals surface area (Å²) in [7, 11) is 1.89. The van der Waals surface area contributed by atoms with Gasteiger partial charge in [-0.1, -0.05) is 12.8 Å². The first-order chi connectivity index (χ1) is 8.38. The van der Waals surface area contributed by atoms with E-state index in [-0.39, 0.29) is 0 Å². The molecule has 3 rings (SSSR count). The van der Waals surface area contributed by atoms with Crippen molar-refractivity contribution in [2.24, 2.45) is 5.92 Å². The van der Waals surface area contributed by atoms with E-state index in [2.05, 4.69) is 10.2 Å². The second-order valence-electron chi connectivity index (χ2n) is 6.04. The number of fused-ring (bicyclic) bond motifs is 1. The van der Waals surface area contributed by atoms with Crippen molar-refractivity contribution in [3.8, 4) is 0 Å². The molecule has 0 aromatic rings. The number of ether oxygens (including phenoxy) is 1. The van der Waals surface area contributed by atoms with Crippen LogP contribution in [0.1, 0.15) is 38.5 Å². The lowest BCUT2D eigenvalue weighted by molar-refractivity contribution is -0.00430. The summed E-state index contributed by atoms with van der Waals surface area (Å²) in [5.74, 6) is 0.906. The van der Waals surface area contributed by atoms with E-state index in [4.69, 9.17) is 4.74 Å². The third-order valence-electron chi connectivity index (χ3n) is 5.07. The average molecular weight is 238 g/mol. The minimum Gasteiger partial charge on any atom is -0.380 e. The molecule has 1 aliphatic carbocycles. The first-order valence-electron chi connectivity index (χ1n) is 7.38. The molecule has 2 aliphatic heterocycles. The molecule has 3 heteroatoms. The number of piperidine rings is 1. The van der Waals surface area contributed by atoms with E-state index >= 15 is 0 Å². The number of methoxy groups -OCH3 is 1. The highest BCUT2D eigenvalue weighted by Crippen LogP contribution is 2.32. The standard InChI is InChI=1S/C14H26N2O/c1-17-14-7-3-2-6-13(14)16-9-11-5-4-8-15-12(11)10-16/h11-15H,2-10H2,1H3/t11-,12+,13?,14?/m0/s1. The van der Waals surface area contributed by atoms with Crippen LogP contribution >= 0.6 is 0 Å². The third-order valence-corrected chi connectivity index (χ3v) is 5.07. The fourth-order valence-electron chi connectivity index (χ4n) is 4.12. The van der Waals surface area contributed by atoms with Crippen LogP contribution in [0.4, 0.5) is 0 Å². The van der Waals surface area contributed by atoms with Crippen molar-refractivity contribution in [2.45, 2.75) is 56.7 Å². The molecule has 98 valence electrons. The Labute approximate surface area is 105 Å². The molecule has 1 saturated carbocycles. The molecule has 3 fully saturated rings. The molecule has 0 aromatic carbocycles. The third kappa shape index (κ3) is 2.38. The van der Waals surface area contributed by atoms with Gasteiger partial charge in [-0.15, -0.1) is 0 Å². The van der Waals surface area contributed by atoms with Gasteiger partial charge in [0.1, 0.15) is 0 Å². The van der Waals surface area contributed by atoms with Gasteiger partial charge < -0.3 is 10.1 Å². The fraction of sp³-hybridized carbons (Fsp3) is 1.00. The average Bonchev–Trinajstić information content (AvgIpc) is 2.82. The summed E-state index contributed by atoms with van der Waals surface area (Å²) < 4.78 is 5.71. The lowest BCUT2D eigenvalue weighted by Gasteiger charge is -2.37. The molecule has 2 unspecified atom stereocenters. The molecule has 17 heavy (non-hydrogen) atoms. The van der Waals surface area contributed by atoms with Gasteiger partial charge in [0.25, 0.3) is 0 Å². The first kappa shape index (κ1) is 11.9. The van der Waals surface area contributed by atoms with Gasteiger partial charge in [0.15, 0.2) is 0 Å². The highest BCUT2D eigenvalue weighted by Gasteiger charge is 2.40. The Morgan fingerprint density at radius 1 is 1.06 bits per heavy atom. The van der Waals surface area contributed by atoms with E-state index in [0.29, 0.717) is 12.1 Å². The zero-order valence-corrected chi connectivity index (χ0v) is 11.0. The van der Waals surface area contributed by atoms with E-state index in [9.17, 15) is 0 Å². The molecule has 0 aromatic heterocycles. The lowest BCUT2D eigenvalue weighted by Crippen LogP contribution is -2.46. The van der Waals surface area contributed by atoms with Gasteiger partial charge >= 0.3 is 0 Å². The Bertz CT molecular complexity index is 245. The first-order valence-corrected chi connectivity index (χ1v) is 7.38. The van der Waals surface area contributed by atoms with Crippen LogP contribution in [0, 0.1) is 5.92 Å². The summed E-state index contributed by atoms with van der Waals surface area (Å²) in [5, 5.41) is 3.70. The normalized spacial score (nSPS) is 43.6. The fourth-order valence-corrected chi connectivity index (χ4v) is 4.12. The Kier molecular flexibility index (Phi) is 3.69. The van der Waals surface area contributed by atoms with Crippen LogP contribution in [0.25, 0.3) is 0 Å². The van der Waals surface area contributed by atoms with E-state index in [1.54, 1.807) is 0 Å². The van der Waals surface area contributed by atoms with Gasteiger partial charge in [-0.2, -0.15) is 0 Å². The van der Waals surface area contributed by atoms with Gasteiger partial charge in [-0.25, -0.2) is 0 Å². The number of rotatable bonds is 2. The van der Waals surface area contributed by atoms with Gasteiger partial charge in [-0.3, -0.25) is 4.90 Å². The molecule has 2 heterocycles. The summed E-state index contributed by atoms with van der Waals surface area (Å²) in [6, 6.07) is 1.46. The van der Waals surface area contributed by atoms with Crippen LogP contribution in [-0.2, 0) is 4.74 Å². The van der Waals surface area contributed by atoms with Crippen molar-refractivity contribution in [1.82, 2.24) is 10.2 Å². The minimum absolute atomic E-state index is 0.490. The maximum absolute atomic E-state index is 5.71. The van der Waals surface area contributed by atoms with Crippen molar-refractivity contribution in [1.29, 1.82) is 0 Å². The Hall–Kier alpha value is -0.120. The SMILES string of the molecule is COC1CCCCC1N1C[C@@H]2CCCN[C@@H]2C1. The molecule has 0 amide bonds. The largest absolute Gasteiger partial charge is 0.380 e. The quantitative estimate of drug-likeness (QED) is 0.791. The molecule has 2 saturated heterocycles. The summed E-state index contributed by atoms with van der Waals surface area (Å²) in [6.45, 7) is 3.80. The molecule has 3 nitrogen and oxygen atoms in total. The predicted molar refractivity (Wildman–Crippen MR) is 69.1 cm³/mol. The Balaban J connectivity index is 1.63. The van der Waals surface area contributed by atoms with E-state index < -0.39 is 0 Å². The van der Waals surface area contributed by atoms with Gasteiger partial charge in [-0.05, 0) is 38.1 Å². The van der Waals surface area contributed by atoms with Crippen molar-refractivity contribution in [3.05, 3.63) is 0 Å². The zero-order valence-electron chi connectivity index (χ0n) is 11.0. The highest BCUT2D eigenvalue weighted by atomic mass is 16.5. The maximum atomic E-state index is 5.71. The highest BCUT2D eigenvalue weighted by molar-refractivity contribution is 4.96. The molecule has 0 bridgehead atoms. The molecule has 4 atom stereocenters. The smallest absolute Gasteiger partial charge is 0.0726 e. The predicted octanol–water partition coefficient (Wildman–Crippen LogP) is 1.63. The van der Waals surface area contributed by atoms with Gasteiger partial charge in [0.05, 0.1) is 6.10 Å². The summed E-state index contributed by atoms with van der Waals surface area (Å²) in [4.78, 5) is 2.72. The van der Waals surface area contributed by atoms with E-state index in [1.807, 2.05) is 7.11 Å². The van der Waals surface area contributed by atoms with Crippen LogP contribution < -0.4 is 5.32 Å². The van der Waals surface area contributed by atoms with E-state index in [0.717, 1.165) is 12.0 Å². The Morgan fingerprint density at radius 2 is 1.94 bits per heavy atom. The number of hydrogen-bond acceptors (Lipinski definition) is 3. The number of likely N-dealkylation sites (tertiary alicyclic amines) is 1. The van der Waals surface area contributed by atoms with Crippen molar-refractivity contribution in [2.75, 3.05) is 26.7 Å². The molecule has 1 N–H and O–H groups in total. The molecular formula is C14H26N2O. The second kappa shape index (κ2) is 5.25. The monoisotopic (exact) mass is 238 g/mol. The maximum Gasteiger partial charge on any atom is 0.0726 e. The minimum atomic E-state index is 0.490. The van der Waals surface area contributed by atoms with Crippen LogP contribution in [0.15, 0.2) is 0 Å². The zero-order chi connectivity index (χ0) is 11.7. The van der Waals surface area contributed by atoms with Crippen LogP contribution in [0.5, 0.6) is 0 Å². The van der Waals surface area contributed by atoms with Crippen LogP contribution in [0.2, 0.25) is 0 Å². The van der Waals surface area contributed by atoms with Crippen LogP contribution in [0.3, 0.4) is 0 Å². The molecule has 0 radical (unpaired) electrons. The summed E-state index contributed by atoms with van der Waals surface area (Å²) in [5.41, 5.74) is 0. The number of nitrogens with one attached hydrogen (secondary N) is 1. The van der Waals surface area contributed by atoms with Crippen molar-refractivity contribution in [3.63, 3.8) is 0 Å². The molecule has 3 aliphatic rings. The summed E-state index contributed by atoms with van der Waals surface area (Å²) in [6.07, 6.45) is 8.64. The van der Waals surface area contributed by atoms with Crippen molar-refractivity contribution < 1.29 is 4.74 Å². The topological polar surface area (TPSA) is 24.5 Å². The number of nitrogens with zero attached hydrogens (tertiary/aromatic N) is 1. The molecule has 0 spiro atoms. The number of hydrogen-bond donors (Lipinski definition) is 1.